The maximum absolute atomic E-state index is 12.3. The molecule has 0 aromatic heterocycles. The van der Waals surface area contributed by atoms with Crippen LogP contribution >= 0.6 is 0 Å². The summed E-state index contributed by atoms with van der Waals surface area (Å²) in [5.74, 6) is 0.593. The molecule has 0 aliphatic heterocycles. The van der Waals surface area contributed by atoms with Gasteiger partial charge in [-0.25, -0.2) is 13.1 Å². The molecule has 1 aromatic rings. The molecule has 0 heterocycles. The van der Waals surface area contributed by atoms with Crippen molar-refractivity contribution in [1.29, 1.82) is 0 Å². The molecule has 7 heteroatoms. The zero-order chi connectivity index (χ0) is 16.3. The number of nitrogens with one attached hydrogen (secondary N) is 1. The van der Waals surface area contributed by atoms with Gasteiger partial charge in [-0.05, 0) is 11.5 Å². The van der Waals surface area contributed by atoms with Gasteiger partial charge in [0.1, 0.15) is 0 Å². The lowest BCUT2D eigenvalue weighted by molar-refractivity contribution is 0.269. The van der Waals surface area contributed by atoms with Gasteiger partial charge in [-0.15, -0.1) is 0 Å². The SMILES string of the molecule is COc1cc(S(=O)(=O)NCC(C)(C)C)cc(CO)c1OC. The highest BCUT2D eigenvalue weighted by atomic mass is 32.2. The van der Waals surface area contributed by atoms with Crippen LogP contribution in [0.4, 0.5) is 0 Å². The molecule has 120 valence electrons. The first-order chi connectivity index (χ1) is 9.64. The number of benzene rings is 1. The molecule has 0 unspecified atom stereocenters. The van der Waals surface area contributed by atoms with Crippen LogP contribution in [0.2, 0.25) is 0 Å². The number of hydrogen-bond acceptors (Lipinski definition) is 5. The predicted molar refractivity (Wildman–Crippen MR) is 80.1 cm³/mol. The van der Waals surface area contributed by atoms with E-state index in [0.29, 0.717) is 17.9 Å². The minimum Gasteiger partial charge on any atom is -0.493 e. The number of aliphatic hydroxyl groups excluding tert-OH is 1. The number of sulfonamides is 1. The van der Waals surface area contributed by atoms with Crippen LogP contribution in [0.15, 0.2) is 17.0 Å². The van der Waals surface area contributed by atoms with Gasteiger partial charge in [-0.2, -0.15) is 0 Å². The molecule has 0 bridgehead atoms. The molecule has 0 amide bonds. The zero-order valence-corrected chi connectivity index (χ0v) is 13.9. The van der Waals surface area contributed by atoms with E-state index in [-0.39, 0.29) is 22.7 Å². The van der Waals surface area contributed by atoms with Crippen LogP contribution in [0.5, 0.6) is 11.5 Å². The van der Waals surface area contributed by atoms with Crippen LogP contribution in [0.25, 0.3) is 0 Å². The van der Waals surface area contributed by atoms with Crippen LogP contribution in [-0.2, 0) is 16.6 Å². The van der Waals surface area contributed by atoms with E-state index in [4.69, 9.17) is 9.47 Å². The van der Waals surface area contributed by atoms with Gasteiger partial charge in [0.2, 0.25) is 10.0 Å². The first kappa shape index (κ1) is 17.7. The van der Waals surface area contributed by atoms with Gasteiger partial charge < -0.3 is 14.6 Å². The van der Waals surface area contributed by atoms with Crippen LogP contribution in [0, 0.1) is 5.41 Å². The van der Waals surface area contributed by atoms with E-state index in [1.54, 1.807) is 0 Å². The molecule has 0 atom stereocenters. The first-order valence-corrected chi connectivity index (χ1v) is 7.98. The molecule has 6 nitrogen and oxygen atoms in total. The van der Waals surface area contributed by atoms with Crippen LogP contribution in [-0.4, -0.2) is 34.3 Å². The quantitative estimate of drug-likeness (QED) is 0.831. The Kier molecular flexibility index (Phi) is 5.61. The van der Waals surface area contributed by atoms with Gasteiger partial charge in [0.05, 0.1) is 25.7 Å². The lowest BCUT2D eigenvalue weighted by Gasteiger charge is -2.19. The van der Waals surface area contributed by atoms with Crippen molar-refractivity contribution < 1.29 is 23.0 Å². The summed E-state index contributed by atoms with van der Waals surface area (Å²) in [4.78, 5) is 0.0356. The molecule has 0 fully saturated rings. The van der Waals surface area contributed by atoms with Crippen molar-refractivity contribution in [3.63, 3.8) is 0 Å². The van der Waals surface area contributed by atoms with Gasteiger partial charge in [0.25, 0.3) is 0 Å². The molecule has 0 aliphatic rings. The van der Waals surface area contributed by atoms with E-state index in [2.05, 4.69) is 4.72 Å². The third-order valence-electron chi connectivity index (χ3n) is 2.80. The highest BCUT2D eigenvalue weighted by Gasteiger charge is 2.22. The Labute approximate surface area is 126 Å². The molecule has 1 aromatic carbocycles. The highest BCUT2D eigenvalue weighted by molar-refractivity contribution is 7.89. The van der Waals surface area contributed by atoms with Gasteiger partial charge >= 0.3 is 0 Å². The maximum atomic E-state index is 12.3. The Bertz CT molecular complexity index is 565. The van der Waals surface area contributed by atoms with E-state index in [1.807, 2.05) is 20.8 Å². The third kappa shape index (κ3) is 4.59. The fourth-order valence-electron chi connectivity index (χ4n) is 1.68. The Morgan fingerprint density at radius 2 is 1.81 bits per heavy atom. The second-order valence-corrected chi connectivity index (χ2v) is 7.63. The Balaban J connectivity index is 3.24. The molecule has 0 radical (unpaired) electrons. The van der Waals surface area contributed by atoms with Crippen molar-refractivity contribution in [2.24, 2.45) is 5.41 Å². The summed E-state index contributed by atoms with van der Waals surface area (Å²) in [6.45, 7) is 5.76. The summed E-state index contributed by atoms with van der Waals surface area (Å²) >= 11 is 0. The maximum Gasteiger partial charge on any atom is 0.240 e. The monoisotopic (exact) mass is 317 g/mol. The smallest absolute Gasteiger partial charge is 0.240 e. The molecule has 0 spiro atoms. The van der Waals surface area contributed by atoms with Crippen LogP contribution in [0.3, 0.4) is 0 Å². The molecular weight excluding hydrogens is 294 g/mol. The van der Waals surface area contributed by atoms with Crippen LogP contribution in [0.1, 0.15) is 26.3 Å². The third-order valence-corrected chi connectivity index (χ3v) is 4.18. The fourth-order valence-corrected chi connectivity index (χ4v) is 3.03. The lowest BCUT2D eigenvalue weighted by Crippen LogP contribution is -2.32. The van der Waals surface area contributed by atoms with Crippen molar-refractivity contribution in [3.8, 4) is 11.5 Å². The molecular formula is C14H23NO5S. The van der Waals surface area contributed by atoms with E-state index < -0.39 is 10.0 Å². The van der Waals surface area contributed by atoms with Crippen molar-refractivity contribution >= 4 is 10.0 Å². The fraction of sp³-hybridized carbons (Fsp3) is 0.571. The van der Waals surface area contributed by atoms with Crippen molar-refractivity contribution in [2.75, 3.05) is 20.8 Å². The molecule has 1 rings (SSSR count). The van der Waals surface area contributed by atoms with Crippen molar-refractivity contribution in [1.82, 2.24) is 4.72 Å². The summed E-state index contributed by atoms with van der Waals surface area (Å²) in [5.41, 5.74) is 0.177. The number of aliphatic hydroxyl groups is 1. The van der Waals surface area contributed by atoms with Crippen molar-refractivity contribution in [3.05, 3.63) is 17.7 Å². The summed E-state index contributed by atoms with van der Waals surface area (Å²) in [7, 11) is -0.832. The first-order valence-electron chi connectivity index (χ1n) is 6.50. The van der Waals surface area contributed by atoms with Gasteiger partial charge in [-0.3, -0.25) is 0 Å². The number of methoxy groups -OCH3 is 2. The number of rotatable bonds is 6. The summed E-state index contributed by atoms with van der Waals surface area (Å²) in [5, 5.41) is 9.37. The minimum absolute atomic E-state index is 0.0356. The molecule has 2 N–H and O–H groups in total. The summed E-state index contributed by atoms with van der Waals surface area (Å²) in [6, 6.07) is 2.76. The molecule has 0 aliphatic carbocycles. The molecule has 0 saturated carbocycles. The van der Waals surface area contributed by atoms with E-state index in [9.17, 15) is 13.5 Å². The highest BCUT2D eigenvalue weighted by Crippen LogP contribution is 2.34. The summed E-state index contributed by atoms with van der Waals surface area (Å²) in [6.07, 6.45) is 0. The van der Waals surface area contributed by atoms with E-state index >= 15 is 0 Å². The predicted octanol–water partition coefficient (Wildman–Crippen LogP) is 1.52. The van der Waals surface area contributed by atoms with E-state index in [1.165, 1.54) is 26.4 Å². The number of hydrogen-bond donors (Lipinski definition) is 2. The second-order valence-electron chi connectivity index (χ2n) is 5.86. The minimum atomic E-state index is -3.68. The van der Waals surface area contributed by atoms with Gasteiger partial charge in [0.15, 0.2) is 11.5 Å². The number of ether oxygens (including phenoxy) is 2. The van der Waals surface area contributed by atoms with E-state index in [0.717, 1.165) is 0 Å². The largest absolute Gasteiger partial charge is 0.493 e. The Morgan fingerprint density at radius 3 is 2.24 bits per heavy atom. The molecule has 0 saturated heterocycles. The Hall–Kier alpha value is -1.31. The second kappa shape index (κ2) is 6.64. The zero-order valence-electron chi connectivity index (χ0n) is 13.1. The average Bonchev–Trinajstić information content (AvgIpc) is 2.42. The van der Waals surface area contributed by atoms with Crippen LogP contribution < -0.4 is 14.2 Å². The van der Waals surface area contributed by atoms with Crippen molar-refractivity contribution in [2.45, 2.75) is 32.3 Å². The standard InChI is InChI=1S/C14H23NO5S/c1-14(2,3)9-15-21(17,18)11-6-10(8-16)13(20-5)12(7-11)19-4/h6-7,15-16H,8-9H2,1-5H3. The molecule has 21 heavy (non-hydrogen) atoms. The van der Waals surface area contributed by atoms with Gasteiger partial charge in [-0.1, -0.05) is 20.8 Å². The average molecular weight is 317 g/mol. The lowest BCUT2D eigenvalue weighted by atomic mass is 9.98. The Morgan fingerprint density at radius 1 is 1.19 bits per heavy atom. The van der Waals surface area contributed by atoms with Gasteiger partial charge in [0, 0.05) is 18.2 Å². The summed E-state index contributed by atoms with van der Waals surface area (Å²) < 4.78 is 37.5. The topological polar surface area (TPSA) is 84.9 Å². The normalized spacial score (nSPS) is 12.3.